The van der Waals surface area contributed by atoms with Gasteiger partial charge in [0.2, 0.25) is 5.90 Å². The number of phenols is 1. The third-order valence-corrected chi connectivity index (χ3v) is 2.58. The summed E-state index contributed by atoms with van der Waals surface area (Å²) in [5.74, 6) is -0.0992. The molecule has 17 heavy (non-hydrogen) atoms. The van der Waals surface area contributed by atoms with Crippen molar-refractivity contribution in [3.05, 3.63) is 29.8 Å². The summed E-state index contributed by atoms with van der Waals surface area (Å²) in [7, 11) is 1.31. The van der Waals surface area contributed by atoms with Gasteiger partial charge >= 0.3 is 5.97 Å². The molecule has 1 aromatic rings. The van der Waals surface area contributed by atoms with Gasteiger partial charge in [0.25, 0.3) is 0 Å². The predicted molar refractivity (Wildman–Crippen MR) is 61.0 cm³/mol. The first kappa shape index (κ1) is 11.4. The molecule has 1 heterocycles. The van der Waals surface area contributed by atoms with Crippen molar-refractivity contribution in [1.82, 2.24) is 0 Å². The molecule has 0 spiro atoms. The van der Waals surface area contributed by atoms with Crippen molar-refractivity contribution in [2.24, 2.45) is 4.99 Å². The second kappa shape index (κ2) is 4.45. The van der Waals surface area contributed by atoms with Gasteiger partial charge in [-0.25, -0.2) is 9.79 Å². The first-order valence-electron chi connectivity index (χ1n) is 5.24. The number of phenolic OH excluding ortho intramolecular Hbond substituents is 1. The smallest absolute Gasteiger partial charge is 0.334 e. The Morgan fingerprint density at radius 3 is 2.82 bits per heavy atom. The molecule has 2 atom stereocenters. The minimum Gasteiger partial charge on any atom is -0.507 e. The van der Waals surface area contributed by atoms with E-state index < -0.39 is 18.1 Å². The van der Waals surface area contributed by atoms with Gasteiger partial charge in [-0.05, 0) is 19.1 Å². The number of ether oxygens (including phenoxy) is 2. The van der Waals surface area contributed by atoms with Gasteiger partial charge in [0.05, 0.1) is 12.7 Å². The molecule has 1 aliphatic heterocycles. The quantitative estimate of drug-likeness (QED) is 0.779. The lowest BCUT2D eigenvalue weighted by Crippen LogP contribution is -2.28. The van der Waals surface area contributed by atoms with Gasteiger partial charge in [-0.2, -0.15) is 0 Å². The van der Waals surface area contributed by atoms with E-state index in [9.17, 15) is 9.90 Å². The van der Waals surface area contributed by atoms with E-state index in [1.165, 1.54) is 13.2 Å². The molecule has 0 amide bonds. The molecule has 0 aromatic heterocycles. The van der Waals surface area contributed by atoms with Crippen molar-refractivity contribution in [3.63, 3.8) is 0 Å². The average molecular weight is 235 g/mol. The molecule has 0 fully saturated rings. The molecule has 1 aromatic carbocycles. The third kappa shape index (κ3) is 2.08. The summed E-state index contributed by atoms with van der Waals surface area (Å²) >= 11 is 0. The highest BCUT2D eigenvalue weighted by Crippen LogP contribution is 2.24. The average Bonchev–Trinajstić information content (AvgIpc) is 2.71. The lowest BCUT2D eigenvalue weighted by atomic mass is 10.2. The molecule has 1 aliphatic rings. The Labute approximate surface area is 98.7 Å². The molecule has 90 valence electrons. The van der Waals surface area contributed by atoms with Crippen LogP contribution in [0.2, 0.25) is 0 Å². The van der Waals surface area contributed by atoms with Crippen LogP contribution in [0, 0.1) is 0 Å². The van der Waals surface area contributed by atoms with Crippen molar-refractivity contribution < 1.29 is 19.4 Å². The number of benzene rings is 1. The Kier molecular flexibility index (Phi) is 2.99. The van der Waals surface area contributed by atoms with Crippen LogP contribution in [0.3, 0.4) is 0 Å². The monoisotopic (exact) mass is 235 g/mol. The Balaban J connectivity index is 2.30. The van der Waals surface area contributed by atoms with Crippen LogP contribution < -0.4 is 0 Å². The SMILES string of the molecule is COC(=O)[C@@H]1N=C(c2ccccc2O)O[C@@H]1C. The van der Waals surface area contributed by atoms with Crippen molar-refractivity contribution in [2.45, 2.75) is 19.1 Å². The summed E-state index contributed by atoms with van der Waals surface area (Å²) in [5.41, 5.74) is 0.478. The van der Waals surface area contributed by atoms with E-state index in [4.69, 9.17) is 4.74 Å². The molecule has 0 unspecified atom stereocenters. The van der Waals surface area contributed by atoms with Gasteiger partial charge in [0.15, 0.2) is 6.04 Å². The largest absolute Gasteiger partial charge is 0.507 e. The first-order chi connectivity index (χ1) is 8.13. The third-order valence-electron chi connectivity index (χ3n) is 2.58. The van der Waals surface area contributed by atoms with Gasteiger partial charge in [-0.3, -0.25) is 0 Å². The number of para-hydroxylation sites is 1. The maximum atomic E-state index is 11.4. The first-order valence-corrected chi connectivity index (χ1v) is 5.24. The predicted octanol–water partition coefficient (Wildman–Crippen LogP) is 1.10. The van der Waals surface area contributed by atoms with Crippen LogP contribution in [0.4, 0.5) is 0 Å². The minimum atomic E-state index is -0.672. The molecule has 2 rings (SSSR count). The molecule has 5 heteroatoms. The molecule has 0 aliphatic carbocycles. The van der Waals surface area contributed by atoms with Crippen molar-refractivity contribution in [2.75, 3.05) is 7.11 Å². The Hall–Kier alpha value is -2.04. The Morgan fingerprint density at radius 1 is 1.47 bits per heavy atom. The van der Waals surface area contributed by atoms with E-state index in [-0.39, 0.29) is 11.6 Å². The summed E-state index contributed by atoms with van der Waals surface area (Å²) < 4.78 is 10.1. The number of aromatic hydroxyl groups is 1. The highest BCUT2D eigenvalue weighted by Gasteiger charge is 2.35. The van der Waals surface area contributed by atoms with Crippen LogP contribution in [-0.4, -0.2) is 36.2 Å². The molecule has 0 saturated heterocycles. The number of carbonyl (C=O) groups excluding carboxylic acids is 1. The van der Waals surface area contributed by atoms with Gasteiger partial charge in [-0.15, -0.1) is 0 Å². The fourth-order valence-electron chi connectivity index (χ4n) is 1.65. The summed E-state index contributed by atoms with van der Waals surface area (Å²) in [4.78, 5) is 15.5. The second-order valence-electron chi connectivity index (χ2n) is 3.74. The zero-order valence-corrected chi connectivity index (χ0v) is 9.58. The van der Waals surface area contributed by atoms with Crippen molar-refractivity contribution in [1.29, 1.82) is 0 Å². The van der Waals surface area contributed by atoms with Gasteiger partial charge in [0.1, 0.15) is 11.9 Å². The molecule has 0 saturated carbocycles. The molecule has 0 bridgehead atoms. The van der Waals surface area contributed by atoms with E-state index in [1.807, 2.05) is 0 Å². The van der Waals surface area contributed by atoms with Crippen LogP contribution in [-0.2, 0) is 14.3 Å². The molecule has 5 nitrogen and oxygen atoms in total. The highest BCUT2D eigenvalue weighted by atomic mass is 16.5. The van der Waals surface area contributed by atoms with Crippen molar-refractivity contribution in [3.8, 4) is 5.75 Å². The van der Waals surface area contributed by atoms with E-state index in [1.54, 1.807) is 25.1 Å². The summed E-state index contributed by atoms with van der Waals surface area (Å²) in [5, 5.41) is 9.66. The fraction of sp³-hybridized carbons (Fsp3) is 0.333. The molecular weight excluding hydrogens is 222 g/mol. The van der Waals surface area contributed by atoms with Gasteiger partial charge in [-0.1, -0.05) is 12.1 Å². The highest BCUT2D eigenvalue weighted by molar-refractivity contribution is 6.00. The summed E-state index contributed by atoms with van der Waals surface area (Å²) in [6.07, 6.45) is -0.392. The minimum absolute atomic E-state index is 0.0731. The van der Waals surface area contributed by atoms with Gasteiger partial charge < -0.3 is 14.6 Å². The second-order valence-corrected chi connectivity index (χ2v) is 3.74. The Bertz CT molecular complexity index is 469. The number of esters is 1. The summed E-state index contributed by atoms with van der Waals surface area (Å²) in [6, 6.07) is 6.01. The number of rotatable bonds is 2. The van der Waals surface area contributed by atoms with Crippen LogP contribution in [0.25, 0.3) is 0 Å². The van der Waals surface area contributed by atoms with Crippen LogP contribution in [0.1, 0.15) is 12.5 Å². The van der Waals surface area contributed by atoms with Gasteiger partial charge in [0, 0.05) is 0 Å². The van der Waals surface area contributed by atoms with Crippen LogP contribution in [0.5, 0.6) is 5.75 Å². The van der Waals surface area contributed by atoms with Crippen LogP contribution in [0.15, 0.2) is 29.3 Å². The molecule has 1 N–H and O–H groups in total. The number of carbonyl (C=O) groups is 1. The number of hydrogen-bond donors (Lipinski definition) is 1. The molecular formula is C12H13NO4. The Morgan fingerprint density at radius 2 is 2.18 bits per heavy atom. The molecule has 0 radical (unpaired) electrons. The number of nitrogens with zero attached hydrogens (tertiary/aromatic N) is 1. The topological polar surface area (TPSA) is 68.1 Å². The van der Waals surface area contributed by atoms with Crippen molar-refractivity contribution >= 4 is 11.9 Å². The fourth-order valence-corrected chi connectivity index (χ4v) is 1.65. The zero-order chi connectivity index (χ0) is 12.4. The van der Waals surface area contributed by atoms with E-state index in [2.05, 4.69) is 9.73 Å². The van der Waals surface area contributed by atoms with E-state index >= 15 is 0 Å². The standard InChI is InChI=1S/C12H13NO4/c1-7-10(12(15)16-2)13-11(17-7)8-5-3-4-6-9(8)14/h3-7,10,14H,1-2H3/t7-,10-/m1/s1. The summed E-state index contributed by atoms with van der Waals surface area (Å²) in [6.45, 7) is 1.73. The lowest BCUT2D eigenvalue weighted by Gasteiger charge is -2.10. The van der Waals surface area contributed by atoms with Crippen LogP contribution >= 0.6 is 0 Å². The normalized spacial score (nSPS) is 22.8. The number of hydrogen-bond acceptors (Lipinski definition) is 5. The maximum Gasteiger partial charge on any atom is 0.334 e. The lowest BCUT2D eigenvalue weighted by molar-refractivity contribution is -0.143. The zero-order valence-electron chi connectivity index (χ0n) is 9.58. The van der Waals surface area contributed by atoms with E-state index in [0.717, 1.165) is 0 Å². The van der Waals surface area contributed by atoms with E-state index in [0.29, 0.717) is 5.56 Å². The maximum absolute atomic E-state index is 11.4. The number of methoxy groups -OCH3 is 1. The number of aliphatic imine (C=N–C) groups is 1.